The number of hydrogen-bond donors (Lipinski definition) is 1. The average Bonchev–Trinajstić information content (AvgIpc) is 2.34. The summed E-state index contributed by atoms with van der Waals surface area (Å²) in [5, 5.41) is 9.17. The van der Waals surface area contributed by atoms with Gasteiger partial charge in [0.05, 0.1) is 0 Å². The van der Waals surface area contributed by atoms with Crippen molar-refractivity contribution in [1.82, 2.24) is 9.80 Å². The minimum Gasteiger partial charge on any atom is -0.505 e. The highest BCUT2D eigenvalue weighted by Crippen LogP contribution is 2.20. The molecule has 1 unspecified atom stereocenters. The van der Waals surface area contributed by atoms with Crippen LogP contribution in [0, 0.1) is 5.82 Å². The normalized spacial score (nSPS) is 21.4. The van der Waals surface area contributed by atoms with E-state index < -0.39 is 5.82 Å². The first-order chi connectivity index (χ1) is 8.56. The number of phenols is 1. The van der Waals surface area contributed by atoms with Crippen molar-refractivity contribution >= 4 is 0 Å². The van der Waals surface area contributed by atoms with Crippen LogP contribution in [0.4, 0.5) is 4.39 Å². The van der Waals surface area contributed by atoms with E-state index in [-0.39, 0.29) is 5.75 Å². The van der Waals surface area contributed by atoms with E-state index in [0.717, 1.165) is 25.2 Å². The van der Waals surface area contributed by atoms with Crippen LogP contribution in [0.25, 0.3) is 0 Å². The van der Waals surface area contributed by atoms with Crippen molar-refractivity contribution in [2.24, 2.45) is 0 Å². The van der Waals surface area contributed by atoms with Crippen molar-refractivity contribution in [3.05, 3.63) is 29.6 Å². The monoisotopic (exact) mass is 252 g/mol. The van der Waals surface area contributed by atoms with Gasteiger partial charge in [-0.1, -0.05) is 6.07 Å². The first-order valence-electron chi connectivity index (χ1n) is 6.42. The number of nitrogens with zero attached hydrogens (tertiary/aromatic N) is 2. The fourth-order valence-electron chi connectivity index (χ4n) is 2.50. The lowest BCUT2D eigenvalue weighted by molar-refractivity contribution is 0.128. The number of benzene rings is 1. The molecule has 100 valence electrons. The molecule has 0 aromatic heterocycles. The molecule has 1 heterocycles. The van der Waals surface area contributed by atoms with E-state index in [2.05, 4.69) is 23.9 Å². The molecule has 1 fully saturated rings. The van der Waals surface area contributed by atoms with Gasteiger partial charge in [0, 0.05) is 19.1 Å². The van der Waals surface area contributed by atoms with Gasteiger partial charge in [-0.05, 0) is 51.2 Å². The Bertz CT molecular complexity index is 409. The van der Waals surface area contributed by atoms with Crippen LogP contribution in [0.15, 0.2) is 18.2 Å². The van der Waals surface area contributed by atoms with Crippen LogP contribution in [0.5, 0.6) is 5.75 Å². The van der Waals surface area contributed by atoms with E-state index in [1.54, 1.807) is 6.07 Å². The number of likely N-dealkylation sites (N-methyl/N-ethyl adjacent to an activating group) is 1. The second kappa shape index (κ2) is 5.67. The highest BCUT2D eigenvalue weighted by Gasteiger charge is 2.21. The molecule has 0 aliphatic carbocycles. The lowest BCUT2D eigenvalue weighted by atomic mass is 10.0. The third-order valence-electron chi connectivity index (χ3n) is 3.63. The van der Waals surface area contributed by atoms with Gasteiger partial charge >= 0.3 is 0 Å². The molecule has 4 heteroatoms. The van der Waals surface area contributed by atoms with Gasteiger partial charge in [0.15, 0.2) is 11.6 Å². The zero-order chi connectivity index (χ0) is 13.1. The molecule has 0 bridgehead atoms. The molecule has 0 spiro atoms. The molecule has 0 amide bonds. The summed E-state index contributed by atoms with van der Waals surface area (Å²) in [5.74, 6) is -0.808. The number of halogens is 1. The summed E-state index contributed by atoms with van der Waals surface area (Å²) in [4.78, 5) is 4.60. The first kappa shape index (κ1) is 13.3. The number of piperidine rings is 1. The summed E-state index contributed by atoms with van der Waals surface area (Å²) in [5.41, 5.74) is 0.921. The fraction of sp³-hybridized carbons (Fsp3) is 0.571. The molecule has 1 N–H and O–H groups in total. The van der Waals surface area contributed by atoms with Crippen molar-refractivity contribution < 1.29 is 9.50 Å². The van der Waals surface area contributed by atoms with Crippen molar-refractivity contribution in [1.29, 1.82) is 0 Å². The molecule has 3 nitrogen and oxygen atoms in total. The second-order valence-corrected chi connectivity index (χ2v) is 5.28. The summed E-state index contributed by atoms with van der Waals surface area (Å²) >= 11 is 0. The van der Waals surface area contributed by atoms with Gasteiger partial charge in [-0.3, -0.25) is 4.90 Å². The van der Waals surface area contributed by atoms with Crippen LogP contribution in [-0.2, 0) is 6.54 Å². The van der Waals surface area contributed by atoms with E-state index in [1.807, 2.05) is 0 Å². The first-order valence-corrected chi connectivity index (χ1v) is 6.42. The molecule has 2 rings (SSSR count). The summed E-state index contributed by atoms with van der Waals surface area (Å²) < 4.78 is 13.3. The number of likely N-dealkylation sites (tertiary alicyclic amines) is 1. The quantitative estimate of drug-likeness (QED) is 0.892. The zero-order valence-electron chi connectivity index (χ0n) is 11.1. The van der Waals surface area contributed by atoms with Gasteiger partial charge < -0.3 is 10.0 Å². The maximum Gasteiger partial charge on any atom is 0.165 e. The Kier molecular flexibility index (Phi) is 4.19. The Balaban J connectivity index is 1.98. The summed E-state index contributed by atoms with van der Waals surface area (Å²) in [6, 6.07) is 5.23. The van der Waals surface area contributed by atoms with Crippen LogP contribution in [0.1, 0.15) is 18.4 Å². The Hall–Kier alpha value is -1.13. The Labute approximate surface area is 108 Å². The molecule has 1 atom stereocenters. The van der Waals surface area contributed by atoms with E-state index in [9.17, 15) is 4.39 Å². The van der Waals surface area contributed by atoms with Gasteiger partial charge in [-0.2, -0.15) is 0 Å². The standard InChI is InChI=1S/C14H21FN2O/c1-16(2)12-4-3-7-17(10-12)9-11-5-6-14(18)13(15)8-11/h5-6,8,12,18H,3-4,7,9-10H2,1-2H3. The van der Waals surface area contributed by atoms with Crippen molar-refractivity contribution in [3.63, 3.8) is 0 Å². The zero-order valence-corrected chi connectivity index (χ0v) is 11.1. The highest BCUT2D eigenvalue weighted by molar-refractivity contribution is 5.27. The summed E-state index contributed by atoms with van der Waals surface area (Å²) in [7, 11) is 4.21. The molecule has 1 saturated heterocycles. The molecule has 18 heavy (non-hydrogen) atoms. The maximum absolute atomic E-state index is 13.3. The van der Waals surface area contributed by atoms with E-state index in [0.29, 0.717) is 6.04 Å². The number of aromatic hydroxyl groups is 1. The predicted octanol–water partition coefficient (Wildman–Crippen LogP) is 2.06. The Morgan fingerprint density at radius 3 is 2.89 bits per heavy atom. The van der Waals surface area contributed by atoms with Crippen LogP contribution >= 0.6 is 0 Å². The lowest BCUT2D eigenvalue weighted by Gasteiger charge is -2.36. The minimum absolute atomic E-state index is 0.274. The van der Waals surface area contributed by atoms with E-state index >= 15 is 0 Å². The Morgan fingerprint density at radius 2 is 2.22 bits per heavy atom. The molecule has 0 radical (unpaired) electrons. The topological polar surface area (TPSA) is 26.7 Å². The maximum atomic E-state index is 13.3. The van der Waals surface area contributed by atoms with Crippen LogP contribution in [-0.4, -0.2) is 48.1 Å². The Morgan fingerprint density at radius 1 is 1.44 bits per heavy atom. The lowest BCUT2D eigenvalue weighted by Crippen LogP contribution is -2.44. The molecular formula is C14H21FN2O. The van der Waals surface area contributed by atoms with Gasteiger partial charge in [-0.15, -0.1) is 0 Å². The summed E-state index contributed by atoms with van der Waals surface area (Å²) in [6.07, 6.45) is 2.41. The van der Waals surface area contributed by atoms with Crippen LogP contribution < -0.4 is 0 Å². The molecule has 0 saturated carbocycles. The number of phenolic OH excluding ortho intramolecular Hbond substituents is 1. The van der Waals surface area contributed by atoms with Crippen LogP contribution in [0.3, 0.4) is 0 Å². The minimum atomic E-state index is -0.534. The van der Waals surface area contributed by atoms with Crippen LogP contribution in [0.2, 0.25) is 0 Å². The van der Waals surface area contributed by atoms with E-state index in [1.165, 1.54) is 25.0 Å². The van der Waals surface area contributed by atoms with Crippen molar-refractivity contribution in [2.45, 2.75) is 25.4 Å². The number of rotatable bonds is 3. The molecule has 1 aliphatic heterocycles. The largest absolute Gasteiger partial charge is 0.505 e. The SMILES string of the molecule is CN(C)C1CCCN(Cc2ccc(O)c(F)c2)C1. The highest BCUT2D eigenvalue weighted by atomic mass is 19.1. The fourth-order valence-corrected chi connectivity index (χ4v) is 2.50. The predicted molar refractivity (Wildman–Crippen MR) is 70.1 cm³/mol. The number of hydrogen-bond acceptors (Lipinski definition) is 3. The van der Waals surface area contributed by atoms with Gasteiger partial charge in [0.1, 0.15) is 0 Å². The third-order valence-corrected chi connectivity index (χ3v) is 3.63. The average molecular weight is 252 g/mol. The van der Waals surface area contributed by atoms with Gasteiger partial charge in [0.25, 0.3) is 0 Å². The third kappa shape index (κ3) is 3.21. The van der Waals surface area contributed by atoms with Crippen molar-refractivity contribution in [2.75, 3.05) is 27.2 Å². The van der Waals surface area contributed by atoms with Crippen molar-refractivity contribution in [3.8, 4) is 5.75 Å². The summed E-state index contributed by atoms with van der Waals surface area (Å²) in [6.45, 7) is 2.84. The van der Waals surface area contributed by atoms with Gasteiger partial charge in [0.2, 0.25) is 0 Å². The molecular weight excluding hydrogens is 231 g/mol. The molecule has 1 aliphatic rings. The molecule has 1 aromatic rings. The molecule has 1 aromatic carbocycles. The second-order valence-electron chi connectivity index (χ2n) is 5.28. The smallest absolute Gasteiger partial charge is 0.165 e. The van der Waals surface area contributed by atoms with Gasteiger partial charge in [-0.25, -0.2) is 4.39 Å². The van der Waals surface area contributed by atoms with E-state index in [4.69, 9.17) is 5.11 Å².